The molecule has 2 aromatic heterocycles. The van der Waals surface area contributed by atoms with E-state index >= 15 is 0 Å². The van der Waals surface area contributed by atoms with Crippen molar-refractivity contribution in [2.45, 2.75) is 0 Å². The highest BCUT2D eigenvalue weighted by Gasteiger charge is 2.15. The van der Waals surface area contributed by atoms with E-state index in [0.29, 0.717) is 0 Å². The van der Waals surface area contributed by atoms with Crippen LogP contribution in [0.25, 0.3) is 78.4 Å². The lowest BCUT2D eigenvalue weighted by molar-refractivity contribution is 1.31. The number of hydrogen-bond donors (Lipinski definition) is 0. The zero-order chi connectivity index (χ0) is 32.1. The lowest BCUT2D eigenvalue weighted by Gasteiger charge is -2.15. The number of aromatic nitrogens is 2. The van der Waals surface area contributed by atoms with Gasteiger partial charge in [0.15, 0.2) is 0 Å². The molecular formula is C46H32N2. The summed E-state index contributed by atoms with van der Waals surface area (Å²) in [7, 11) is 0. The highest BCUT2D eigenvalue weighted by molar-refractivity contribution is 5.85. The van der Waals surface area contributed by atoms with Crippen molar-refractivity contribution >= 4 is 0 Å². The summed E-state index contributed by atoms with van der Waals surface area (Å²) in [6, 6.07) is 68.1. The van der Waals surface area contributed by atoms with E-state index in [1.165, 1.54) is 0 Å². The lowest BCUT2D eigenvalue weighted by atomic mass is 9.92. The van der Waals surface area contributed by atoms with Crippen LogP contribution in [0.2, 0.25) is 0 Å². The number of nitrogens with zero attached hydrogens (tertiary/aromatic N) is 2. The molecule has 0 fully saturated rings. The first-order valence-electron chi connectivity index (χ1n) is 16.2. The Kier molecular flexibility index (Phi) is 7.96. The Balaban J connectivity index is 1.36. The maximum absolute atomic E-state index is 5.29. The van der Waals surface area contributed by atoms with Crippen molar-refractivity contribution in [2.24, 2.45) is 0 Å². The molecule has 0 aliphatic carbocycles. The van der Waals surface area contributed by atoms with Crippen LogP contribution >= 0.6 is 0 Å². The molecule has 2 nitrogen and oxygen atoms in total. The quantitative estimate of drug-likeness (QED) is 0.179. The van der Waals surface area contributed by atoms with Crippen molar-refractivity contribution in [1.29, 1.82) is 0 Å². The molecule has 48 heavy (non-hydrogen) atoms. The first kappa shape index (κ1) is 29.1. The molecule has 0 saturated carbocycles. The van der Waals surface area contributed by atoms with Crippen LogP contribution in [0.4, 0.5) is 0 Å². The fourth-order valence-electron chi connectivity index (χ4n) is 6.18. The molecule has 2 heteroatoms. The average Bonchev–Trinajstić information content (AvgIpc) is 3.19. The summed E-state index contributed by atoms with van der Waals surface area (Å²) in [5, 5.41) is 0. The number of hydrogen-bond acceptors (Lipinski definition) is 2. The molecule has 0 radical (unpaired) electrons. The third kappa shape index (κ3) is 6.20. The van der Waals surface area contributed by atoms with Crippen LogP contribution in [0.1, 0.15) is 0 Å². The van der Waals surface area contributed by atoms with Crippen LogP contribution in [0.15, 0.2) is 194 Å². The van der Waals surface area contributed by atoms with Gasteiger partial charge in [-0.15, -0.1) is 0 Å². The van der Waals surface area contributed by atoms with Crippen molar-refractivity contribution in [3.63, 3.8) is 0 Å². The molecule has 8 aromatic rings. The van der Waals surface area contributed by atoms with Gasteiger partial charge in [-0.2, -0.15) is 0 Å². The molecule has 226 valence electrons. The third-order valence-corrected chi connectivity index (χ3v) is 8.64. The van der Waals surface area contributed by atoms with Crippen LogP contribution in [0.3, 0.4) is 0 Å². The molecule has 0 spiro atoms. The van der Waals surface area contributed by atoms with Gasteiger partial charge in [-0.3, -0.25) is 0 Å². The van der Waals surface area contributed by atoms with Crippen molar-refractivity contribution in [3.8, 4) is 78.4 Å². The Bertz CT molecular complexity index is 2040. The largest absolute Gasteiger partial charge is 0.248 e. The summed E-state index contributed by atoms with van der Waals surface area (Å²) in [5.74, 6) is 0. The second-order valence-corrected chi connectivity index (χ2v) is 11.9. The lowest BCUT2D eigenvalue weighted by Crippen LogP contribution is -1.94. The summed E-state index contributed by atoms with van der Waals surface area (Å²) >= 11 is 0. The summed E-state index contributed by atoms with van der Waals surface area (Å²) in [5.41, 5.74) is 14.9. The van der Waals surface area contributed by atoms with Gasteiger partial charge in [-0.05, 0) is 75.8 Å². The van der Waals surface area contributed by atoms with Gasteiger partial charge >= 0.3 is 0 Å². The van der Waals surface area contributed by atoms with E-state index in [1.54, 1.807) is 0 Å². The Morgan fingerprint density at radius 3 is 0.771 bits per heavy atom. The van der Waals surface area contributed by atoms with E-state index in [9.17, 15) is 0 Å². The van der Waals surface area contributed by atoms with Gasteiger partial charge in [0.1, 0.15) is 0 Å². The van der Waals surface area contributed by atoms with Crippen molar-refractivity contribution < 1.29 is 0 Å². The molecule has 2 heterocycles. The van der Waals surface area contributed by atoms with Crippen LogP contribution in [0, 0.1) is 0 Å². The molecule has 0 unspecified atom stereocenters. The number of pyridine rings is 2. The summed E-state index contributed by atoms with van der Waals surface area (Å²) in [4.78, 5) is 10.4. The molecule has 6 aromatic carbocycles. The van der Waals surface area contributed by atoms with Crippen LogP contribution in [0.5, 0.6) is 0 Å². The maximum Gasteiger partial charge on any atom is 0.0716 e. The maximum atomic E-state index is 5.29. The highest BCUT2D eigenvalue weighted by Crippen LogP contribution is 2.37. The van der Waals surface area contributed by atoms with E-state index < -0.39 is 0 Å². The first-order valence-corrected chi connectivity index (χ1v) is 16.2. The normalized spacial score (nSPS) is 10.9. The standard InChI is InChI=1S/C46H32N2/c1-6-16-33(17-7-1)38-26-39(41-31-44(36-22-12-4-13-23-36)47-45(32-41)37-24-14-5-15-25-37)28-42(27-38)46-30-40(34-18-8-2-9-19-34)29-43(48-46)35-20-10-3-11-21-35/h1-32H. The molecule has 0 atom stereocenters. The molecule has 0 aliphatic rings. The predicted octanol–water partition coefficient (Wildman–Crippen LogP) is 12.1. The van der Waals surface area contributed by atoms with E-state index in [1.807, 2.05) is 18.2 Å². The number of benzene rings is 6. The summed E-state index contributed by atoms with van der Waals surface area (Å²) < 4.78 is 0. The minimum atomic E-state index is 0.926. The van der Waals surface area contributed by atoms with Gasteiger partial charge in [0, 0.05) is 22.3 Å². The smallest absolute Gasteiger partial charge is 0.0716 e. The fourth-order valence-corrected chi connectivity index (χ4v) is 6.18. The Morgan fingerprint density at radius 2 is 0.417 bits per heavy atom. The van der Waals surface area contributed by atoms with Gasteiger partial charge in [0.05, 0.1) is 22.8 Å². The Labute approximate surface area is 281 Å². The Hall–Kier alpha value is -6.38. The minimum Gasteiger partial charge on any atom is -0.248 e. The molecule has 0 N–H and O–H groups in total. The fraction of sp³-hybridized carbons (Fsp3) is 0. The molecule has 0 aliphatic heterocycles. The number of rotatable bonds is 7. The van der Waals surface area contributed by atoms with E-state index in [0.717, 1.165) is 78.4 Å². The molecule has 0 bridgehead atoms. The van der Waals surface area contributed by atoms with Gasteiger partial charge in [-0.25, -0.2) is 9.97 Å². The molecule has 0 amide bonds. The van der Waals surface area contributed by atoms with Gasteiger partial charge in [-0.1, -0.05) is 152 Å². The highest BCUT2D eigenvalue weighted by atomic mass is 14.7. The van der Waals surface area contributed by atoms with Crippen LogP contribution < -0.4 is 0 Å². The monoisotopic (exact) mass is 612 g/mol. The van der Waals surface area contributed by atoms with E-state index in [2.05, 4.69) is 176 Å². The minimum absolute atomic E-state index is 0.926. The van der Waals surface area contributed by atoms with Crippen LogP contribution in [-0.2, 0) is 0 Å². The van der Waals surface area contributed by atoms with E-state index in [-0.39, 0.29) is 0 Å². The van der Waals surface area contributed by atoms with E-state index in [4.69, 9.17) is 9.97 Å². The van der Waals surface area contributed by atoms with Crippen LogP contribution in [-0.4, -0.2) is 9.97 Å². The second kappa shape index (κ2) is 13.2. The summed E-state index contributed by atoms with van der Waals surface area (Å²) in [6.45, 7) is 0. The summed E-state index contributed by atoms with van der Waals surface area (Å²) in [6.07, 6.45) is 0. The van der Waals surface area contributed by atoms with Crippen molar-refractivity contribution in [2.75, 3.05) is 0 Å². The zero-order valence-electron chi connectivity index (χ0n) is 26.4. The predicted molar refractivity (Wildman–Crippen MR) is 200 cm³/mol. The topological polar surface area (TPSA) is 25.8 Å². The SMILES string of the molecule is c1ccc(-c2cc(-c3cc(-c4ccccc4)nc(-c4ccccc4)c3)cc(-c3cc(-c4ccccc4)cc(-c4ccccc4)n3)c2)cc1. The molecule has 8 rings (SSSR count). The molecular weight excluding hydrogens is 581 g/mol. The van der Waals surface area contributed by atoms with Crippen molar-refractivity contribution in [3.05, 3.63) is 194 Å². The van der Waals surface area contributed by atoms with Gasteiger partial charge in [0.2, 0.25) is 0 Å². The first-order chi connectivity index (χ1) is 23.8. The third-order valence-electron chi connectivity index (χ3n) is 8.64. The zero-order valence-corrected chi connectivity index (χ0v) is 26.4. The van der Waals surface area contributed by atoms with Gasteiger partial charge < -0.3 is 0 Å². The Morgan fingerprint density at radius 1 is 0.188 bits per heavy atom. The second-order valence-electron chi connectivity index (χ2n) is 11.9. The van der Waals surface area contributed by atoms with Crippen molar-refractivity contribution in [1.82, 2.24) is 9.97 Å². The average molecular weight is 613 g/mol. The van der Waals surface area contributed by atoms with Gasteiger partial charge in [0.25, 0.3) is 0 Å². The molecule has 0 saturated heterocycles.